The number of halogens is 1. The van der Waals surface area contributed by atoms with Crippen LogP contribution in [0.5, 0.6) is 0 Å². The van der Waals surface area contributed by atoms with Crippen LogP contribution in [0.15, 0.2) is 65.7 Å². The van der Waals surface area contributed by atoms with Crippen molar-refractivity contribution in [3.63, 3.8) is 0 Å². The minimum Gasteiger partial charge on any atom is -0.337 e. The van der Waals surface area contributed by atoms with Crippen molar-refractivity contribution in [1.29, 1.82) is 0 Å². The first-order chi connectivity index (χ1) is 12.5. The topological polar surface area (TPSA) is 81.3 Å². The van der Waals surface area contributed by atoms with Gasteiger partial charge in [-0.2, -0.15) is 0 Å². The smallest absolute Gasteiger partial charge is 0.294 e. The Hall–Kier alpha value is -3.00. The maximum atomic E-state index is 12.7. The van der Waals surface area contributed by atoms with E-state index < -0.39 is 4.92 Å². The van der Waals surface area contributed by atoms with Crippen LogP contribution in [0, 0.1) is 10.1 Å². The largest absolute Gasteiger partial charge is 0.337 e. The Morgan fingerprint density at radius 2 is 2.08 bits per heavy atom. The van der Waals surface area contributed by atoms with Gasteiger partial charge in [0, 0.05) is 42.1 Å². The molecule has 1 aromatic heterocycles. The first kappa shape index (κ1) is 17.8. The number of aromatic nitrogens is 2. The van der Waals surface area contributed by atoms with Gasteiger partial charge in [-0.3, -0.25) is 14.9 Å². The van der Waals surface area contributed by atoms with Crippen molar-refractivity contribution in [3.8, 4) is 5.69 Å². The molecule has 0 aliphatic carbocycles. The summed E-state index contributed by atoms with van der Waals surface area (Å²) in [4.78, 5) is 29.1. The van der Waals surface area contributed by atoms with E-state index in [0.717, 1.165) is 10.0 Å². The average molecular weight is 415 g/mol. The molecule has 0 saturated heterocycles. The minimum atomic E-state index is -0.500. The number of rotatable bonds is 5. The predicted molar refractivity (Wildman–Crippen MR) is 100 cm³/mol. The fraction of sp³-hybridized carbons (Fsp3) is 0.111. The van der Waals surface area contributed by atoms with E-state index in [4.69, 9.17) is 0 Å². The highest BCUT2D eigenvalue weighted by Crippen LogP contribution is 2.25. The molecule has 7 nitrogen and oxygen atoms in total. The molecular weight excluding hydrogens is 400 g/mol. The number of nitrogens with zero attached hydrogens (tertiary/aromatic N) is 4. The number of benzene rings is 2. The number of hydrogen-bond donors (Lipinski definition) is 0. The highest BCUT2D eigenvalue weighted by Gasteiger charge is 2.21. The van der Waals surface area contributed by atoms with E-state index >= 15 is 0 Å². The van der Waals surface area contributed by atoms with Crippen molar-refractivity contribution >= 4 is 27.5 Å². The van der Waals surface area contributed by atoms with Gasteiger partial charge in [0.25, 0.3) is 11.6 Å². The van der Waals surface area contributed by atoms with Gasteiger partial charge in [-0.05, 0) is 23.8 Å². The molecule has 0 bridgehead atoms. The zero-order chi connectivity index (χ0) is 18.7. The Bertz CT molecular complexity index is 957. The van der Waals surface area contributed by atoms with Crippen LogP contribution in [0.25, 0.3) is 5.69 Å². The highest BCUT2D eigenvalue weighted by molar-refractivity contribution is 9.10. The molecule has 1 amide bonds. The first-order valence-electron chi connectivity index (χ1n) is 7.73. The van der Waals surface area contributed by atoms with Crippen LogP contribution in [0.1, 0.15) is 15.9 Å². The summed E-state index contributed by atoms with van der Waals surface area (Å²) in [6, 6.07) is 12.0. The average Bonchev–Trinajstić information content (AvgIpc) is 3.17. The highest BCUT2D eigenvalue weighted by atomic mass is 79.9. The fourth-order valence-corrected chi connectivity index (χ4v) is 3.01. The molecule has 3 aromatic rings. The summed E-state index contributed by atoms with van der Waals surface area (Å²) in [7, 11) is 1.66. The van der Waals surface area contributed by atoms with Crippen LogP contribution in [-0.4, -0.2) is 32.3 Å². The molecule has 0 radical (unpaired) electrons. The molecule has 0 atom stereocenters. The Morgan fingerprint density at radius 1 is 1.31 bits per heavy atom. The van der Waals surface area contributed by atoms with E-state index in [1.165, 1.54) is 28.1 Å². The summed E-state index contributed by atoms with van der Waals surface area (Å²) >= 11 is 3.46. The van der Waals surface area contributed by atoms with Gasteiger partial charge >= 0.3 is 0 Å². The summed E-state index contributed by atoms with van der Waals surface area (Å²) in [5, 5.41) is 11.4. The second kappa shape index (κ2) is 7.49. The van der Waals surface area contributed by atoms with E-state index in [-0.39, 0.29) is 17.2 Å². The van der Waals surface area contributed by atoms with Crippen molar-refractivity contribution in [1.82, 2.24) is 14.5 Å². The molecule has 0 saturated carbocycles. The number of amides is 1. The number of imidazole rings is 1. The van der Waals surface area contributed by atoms with Gasteiger partial charge < -0.3 is 9.47 Å². The Labute approximate surface area is 158 Å². The lowest BCUT2D eigenvalue weighted by molar-refractivity contribution is -0.384. The van der Waals surface area contributed by atoms with Crippen molar-refractivity contribution in [3.05, 3.63) is 86.9 Å². The summed E-state index contributed by atoms with van der Waals surface area (Å²) in [6.07, 6.45) is 4.63. The SMILES string of the molecule is CN(Cc1ccccc1Br)C(=O)c1ccc(-n2ccnc2)c([N+](=O)[O-])c1. The normalized spacial score (nSPS) is 10.5. The molecule has 3 rings (SSSR count). The van der Waals surface area contributed by atoms with Crippen molar-refractivity contribution in [2.75, 3.05) is 7.05 Å². The van der Waals surface area contributed by atoms with Gasteiger partial charge in [0.1, 0.15) is 5.69 Å². The van der Waals surface area contributed by atoms with Crippen LogP contribution in [0.2, 0.25) is 0 Å². The molecule has 0 aliphatic rings. The van der Waals surface area contributed by atoms with Gasteiger partial charge in [-0.1, -0.05) is 34.1 Å². The lowest BCUT2D eigenvalue weighted by Crippen LogP contribution is -2.26. The van der Waals surface area contributed by atoms with E-state index in [1.807, 2.05) is 24.3 Å². The molecular formula is C18H15BrN4O3. The van der Waals surface area contributed by atoms with Crippen molar-refractivity contribution in [2.45, 2.75) is 6.54 Å². The molecule has 1 heterocycles. The third-order valence-electron chi connectivity index (χ3n) is 3.91. The molecule has 8 heteroatoms. The minimum absolute atomic E-state index is 0.150. The maximum Gasteiger partial charge on any atom is 0.294 e. The fourth-order valence-electron chi connectivity index (χ4n) is 2.60. The second-order valence-corrected chi connectivity index (χ2v) is 6.54. The van der Waals surface area contributed by atoms with Gasteiger partial charge in [-0.15, -0.1) is 0 Å². The molecule has 0 spiro atoms. The molecule has 2 aromatic carbocycles. The molecule has 0 aliphatic heterocycles. The lowest BCUT2D eigenvalue weighted by atomic mass is 10.1. The van der Waals surface area contributed by atoms with Gasteiger partial charge in [0.2, 0.25) is 0 Å². The second-order valence-electron chi connectivity index (χ2n) is 5.68. The van der Waals surface area contributed by atoms with Crippen molar-refractivity contribution < 1.29 is 9.72 Å². The third-order valence-corrected chi connectivity index (χ3v) is 4.69. The van der Waals surface area contributed by atoms with E-state index in [2.05, 4.69) is 20.9 Å². The summed E-state index contributed by atoms with van der Waals surface area (Å²) < 4.78 is 2.44. The number of carbonyl (C=O) groups is 1. The van der Waals surface area contributed by atoms with E-state index in [1.54, 1.807) is 25.4 Å². The van der Waals surface area contributed by atoms with Gasteiger partial charge in [0.05, 0.1) is 11.3 Å². The van der Waals surface area contributed by atoms with E-state index in [0.29, 0.717) is 12.2 Å². The van der Waals surface area contributed by atoms with Crippen molar-refractivity contribution in [2.24, 2.45) is 0 Å². The Balaban J connectivity index is 1.89. The van der Waals surface area contributed by atoms with Crippen LogP contribution < -0.4 is 0 Å². The lowest BCUT2D eigenvalue weighted by Gasteiger charge is -2.18. The monoisotopic (exact) mass is 414 g/mol. The standard InChI is InChI=1S/C18H15BrN4O3/c1-21(11-14-4-2-3-5-15(14)19)18(24)13-6-7-16(17(10-13)23(25)26)22-9-8-20-12-22/h2-10,12H,11H2,1H3. The van der Waals surface area contributed by atoms with Crippen LogP contribution in [-0.2, 0) is 6.54 Å². The quantitative estimate of drug-likeness (QED) is 0.469. The predicted octanol–water partition coefficient (Wildman–Crippen LogP) is 3.82. The van der Waals surface area contributed by atoms with Gasteiger partial charge in [0.15, 0.2) is 0 Å². The zero-order valence-corrected chi connectivity index (χ0v) is 15.5. The molecule has 26 heavy (non-hydrogen) atoms. The summed E-state index contributed by atoms with van der Waals surface area (Å²) in [6.45, 7) is 0.386. The maximum absolute atomic E-state index is 12.7. The van der Waals surface area contributed by atoms with E-state index in [9.17, 15) is 14.9 Å². The molecule has 132 valence electrons. The number of hydrogen-bond acceptors (Lipinski definition) is 4. The molecule has 0 fully saturated rings. The Morgan fingerprint density at radius 3 is 2.73 bits per heavy atom. The number of nitro benzene ring substituents is 1. The van der Waals surface area contributed by atoms with Crippen LogP contribution in [0.3, 0.4) is 0 Å². The number of carbonyl (C=O) groups excluding carboxylic acids is 1. The molecule has 0 unspecified atom stereocenters. The summed E-state index contributed by atoms with van der Waals surface area (Å²) in [5.41, 5.74) is 1.42. The third kappa shape index (κ3) is 3.65. The molecule has 0 N–H and O–H groups in total. The summed E-state index contributed by atoms with van der Waals surface area (Å²) in [5.74, 6) is -0.291. The first-order valence-corrected chi connectivity index (χ1v) is 8.52. The van der Waals surface area contributed by atoms with Crippen LogP contribution >= 0.6 is 15.9 Å². The zero-order valence-electron chi connectivity index (χ0n) is 13.9. The van der Waals surface area contributed by atoms with Gasteiger partial charge in [-0.25, -0.2) is 4.98 Å². The number of nitro groups is 1. The Kier molecular flexibility index (Phi) is 5.13. The van der Waals surface area contributed by atoms with Crippen LogP contribution in [0.4, 0.5) is 5.69 Å².